The van der Waals surface area contributed by atoms with E-state index in [1.807, 2.05) is 0 Å². The molecule has 0 heterocycles. The summed E-state index contributed by atoms with van der Waals surface area (Å²) in [5, 5.41) is 0. The van der Waals surface area contributed by atoms with Crippen molar-refractivity contribution in [3.05, 3.63) is 0 Å². The highest BCUT2D eigenvalue weighted by Crippen LogP contribution is 1.96. The summed E-state index contributed by atoms with van der Waals surface area (Å²) in [6, 6.07) is 0. The van der Waals surface area contributed by atoms with Gasteiger partial charge in [-0.25, -0.2) is 3.11 Å². The summed E-state index contributed by atoms with van der Waals surface area (Å²) in [7, 11) is 0. The number of hydrogen-bond donors (Lipinski definition) is 0. The molecule has 66 valence electrons. The fourth-order valence-corrected chi connectivity index (χ4v) is 0.716. The van der Waals surface area contributed by atoms with Gasteiger partial charge in [-0.05, 0) is 0 Å². The summed E-state index contributed by atoms with van der Waals surface area (Å²) in [5.41, 5.74) is 0. The van der Waals surface area contributed by atoms with Crippen molar-refractivity contribution in [2.75, 3.05) is 19.7 Å². The van der Waals surface area contributed by atoms with Crippen LogP contribution in [-0.4, -0.2) is 28.8 Å². The van der Waals surface area contributed by atoms with Crippen molar-refractivity contribution in [1.82, 2.24) is 3.11 Å². The fourth-order valence-electron chi connectivity index (χ4n) is 0.519. The van der Waals surface area contributed by atoms with Gasteiger partial charge in [0.1, 0.15) is 6.61 Å². The molecular weight excluding hydrogens is 257 g/mol. The largest absolute Gasteiger partial charge is 0.464 e. The molecule has 3 nitrogen and oxygen atoms in total. The molecule has 0 aliphatic rings. The van der Waals surface area contributed by atoms with Crippen LogP contribution in [0.25, 0.3) is 0 Å². The van der Waals surface area contributed by atoms with E-state index in [9.17, 15) is 4.79 Å². The van der Waals surface area contributed by atoms with Crippen LogP contribution in [0.4, 0.5) is 0 Å². The first-order valence-corrected chi connectivity index (χ1v) is 4.73. The molecule has 0 bridgehead atoms. The molecule has 4 heteroatoms. The first kappa shape index (κ1) is 11.2. The lowest BCUT2D eigenvalue weighted by Gasteiger charge is -2.10. The average molecular weight is 271 g/mol. The van der Waals surface area contributed by atoms with Crippen LogP contribution in [0.3, 0.4) is 0 Å². The van der Waals surface area contributed by atoms with Gasteiger partial charge in [0.25, 0.3) is 0 Å². The van der Waals surface area contributed by atoms with Crippen LogP contribution in [0.1, 0.15) is 20.3 Å². The molecule has 0 aliphatic heterocycles. The molecule has 0 spiro atoms. The number of nitrogens with zero attached hydrogens (tertiary/aromatic N) is 1. The smallest absolute Gasteiger partial charge is 0.305 e. The molecule has 11 heavy (non-hydrogen) atoms. The Morgan fingerprint density at radius 2 is 2.18 bits per heavy atom. The highest BCUT2D eigenvalue weighted by atomic mass is 127. The molecular formula is C7H14INO2. The number of likely N-dealkylation sites (N-methyl/N-ethyl adjacent to an activating group) is 1. The van der Waals surface area contributed by atoms with Gasteiger partial charge in [-0.3, -0.25) is 4.79 Å². The van der Waals surface area contributed by atoms with E-state index in [0.29, 0.717) is 13.0 Å². The lowest BCUT2D eigenvalue weighted by molar-refractivity contribution is -0.143. The summed E-state index contributed by atoms with van der Waals surface area (Å²) in [5.74, 6) is -0.120. The first-order chi connectivity index (χ1) is 5.20. The predicted molar refractivity (Wildman–Crippen MR) is 52.5 cm³/mol. The maximum absolute atomic E-state index is 10.6. The zero-order chi connectivity index (χ0) is 8.69. The number of hydrogen-bond acceptors (Lipinski definition) is 3. The highest BCUT2D eigenvalue weighted by Gasteiger charge is 1.99. The minimum absolute atomic E-state index is 0.120. The minimum Gasteiger partial charge on any atom is -0.464 e. The zero-order valence-electron chi connectivity index (χ0n) is 6.97. The number of rotatable bonds is 5. The van der Waals surface area contributed by atoms with E-state index in [1.165, 1.54) is 0 Å². The van der Waals surface area contributed by atoms with Crippen LogP contribution in [0.2, 0.25) is 0 Å². The average Bonchev–Trinajstić information content (AvgIpc) is 2.04. The van der Waals surface area contributed by atoms with Gasteiger partial charge in [0.05, 0.1) is 0 Å². The van der Waals surface area contributed by atoms with Crippen LogP contribution in [0.15, 0.2) is 0 Å². The minimum atomic E-state index is -0.120. The molecule has 0 unspecified atom stereocenters. The lowest BCUT2D eigenvalue weighted by Crippen LogP contribution is -2.18. The molecule has 0 N–H and O–H groups in total. The number of carbonyl (C=O) groups excluding carboxylic acids is 1. The first-order valence-electron chi connectivity index (χ1n) is 3.77. The number of esters is 1. The Morgan fingerprint density at radius 3 is 2.64 bits per heavy atom. The molecule has 0 aromatic carbocycles. The number of halogens is 1. The summed E-state index contributed by atoms with van der Waals surface area (Å²) in [6.45, 7) is 6.15. The maximum atomic E-state index is 10.6. The van der Waals surface area contributed by atoms with E-state index < -0.39 is 0 Å². The van der Waals surface area contributed by atoms with Crippen LogP contribution < -0.4 is 0 Å². The second kappa shape index (κ2) is 6.84. The van der Waals surface area contributed by atoms with Crippen molar-refractivity contribution in [2.45, 2.75) is 20.3 Å². The van der Waals surface area contributed by atoms with Crippen molar-refractivity contribution < 1.29 is 9.53 Å². The van der Waals surface area contributed by atoms with Crippen LogP contribution in [-0.2, 0) is 9.53 Å². The van der Waals surface area contributed by atoms with Crippen LogP contribution in [0, 0.1) is 0 Å². The molecule has 0 rings (SSSR count). The van der Waals surface area contributed by atoms with E-state index in [0.717, 1.165) is 13.1 Å². The SMILES string of the molecule is CCC(=O)OCCN(I)CC. The molecule has 0 aromatic rings. The van der Waals surface area contributed by atoms with Crippen LogP contribution >= 0.6 is 22.9 Å². The third-order valence-corrected chi connectivity index (χ3v) is 2.39. The van der Waals surface area contributed by atoms with Gasteiger partial charge in [0.2, 0.25) is 0 Å². The summed E-state index contributed by atoms with van der Waals surface area (Å²) in [6.07, 6.45) is 0.466. The summed E-state index contributed by atoms with van der Waals surface area (Å²) < 4.78 is 6.95. The van der Waals surface area contributed by atoms with Gasteiger partial charge in [0.15, 0.2) is 0 Å². The molecule has 0 atom stereocenters. The van der Waals surface area contributed by atoms with Gasteiger partial charge in [-0.2, -0.15) is 0 Å². The standard InChI is InChI=1S/C7H14INO2/c1-3-7(10)11-6-5-9(8)4-2/h3-6H2,1-2H3. The highest BCUT2D eigenvalue weighted by molar-refractivity contribution is 14.1. The van der Waals surface area contributed by atoms with E-state index >= 15 is 0 Å². The van der Waals surface area contributed by atoms with Crippen molar-refractivity contribution in [2.24, 2.45) is 0 Å². The fraction of sp³-hybridized carbons (Fsp3) is 0.857. The Balaban J connectivity index is 3.20. The second-order valence-electron chi connectivity index (χ2n) is 2.08. The third-order valence-electron chi connectivity index (χ3n) is 1.23. The molecule has 0 aliphatic carbocycles. The Hall–Kier alpha value is 0.160. The third kappa shape index (κ3) is 6.55. The lowest BCUT2D eigenvalue weighted by atomic mass is 10.5. The van der Waals surface area contributed by atoms with Crippen molar-refractivity contribution in [3.63, 3.8) is 0 Å². The van der Waals surface area contributed by atoms with Gasteiger partial charge in [-0.15, -0.1) is 0 Å². The van der Waals surface area contributed by atoms with E-state index in [1.54, 1.807) is 6.92 Å². The van der Waals surface area contributed by atoms with Gasteiger partial charge in [0, 0.05) is 42.4 Å². The predicted octanol–water partition coefficient (Wildman–Crippen LogP) is 1.61. The molecule has 0 saturated heterocycles. The Labute approximate surface area is 81.6 Å². The van der Waals surface area contributed by atoms with Crippen molar-refractivity contribution >= 4 is 28.8 Å². The van der Waals surface area contributed by atoms with Crippen LogP contribution in [0.5, 0.6) is 0 Å². The molecule has 0 amide bonds. The van der Waals surface area contributed by atoms with Gasteiger partial charge >= 0.3 is 5.97 Å². The van der Waals surface area contributed by atoms with Crippen molar-refractivity contribution in [3.8, 4) is 0 Å². The molecule has 0 fully saturated rings. The number of carbonyl (C=O) groups is 1. The number of ether oxygens (including phenoxy) is 1. The summed E-state index contributed by atoms with van der Waals surface area (Å²) >= 11 is 2.21. The monoisotopic (exact) mass is 271 g/mol. The molecule has 0 saturated carbocycles. The Bertz CT molecular complexity index is 119. The summed E-state index contributed by atoms with van der Waals surface area (Å²) in [4.78, 5) is 10.6. The maximum Gasteiger partial charge on any atom is 0.305 e. The molecule has 0 aromatic heterocycles. The Morgan fingerprint density at radius 1 is 1.55 bits per heavy atom. The van der Waals surface area contributed by atoms with E-state index in [2.05, 4.69) is 32.9 Å². The topological polar surface area (TPSA) is 29.5 Å². The zero-order valence-corrected chi connectivity index (χ0v) is 9.13. The second-order valence-corrected chi connectivity index (χ2v) is 3.44. The normalized spacial score (nSPS) is 10.2. The molecule has 0 radical (unpaired) electrons. The van der Waals surface area contributed by atoms with E-state index in [4.69, 9.17) is 4.74 Å². The van der Waals surface area contributed by atoms with E-state index in [-0.39, 0.29) is 5.97 Å². The van der Waals surface area contributed by atoms with Gasteiger partial charge in [-0.1, -0.05) is 13.8 Å². The quantitative estimate of drug-likeness (QED) is 0.432. The van der Waals surface area contributed by atoms with Crippen molar-refractivity contribution in [1.29, 1.82) is 0 Å². The Kier molecular flexibility index (Phi) is 6.94. The van der Waals surface area contributed by atoms with Gasteiger partial charge < -0.3 is 4.74 Å².